The minimum absolute atomic E-state index is 0.345. The van der Waals surface area contributed by atoms with Crippen LogP contribution in [0.3, 0.4) is 0 Å². The van der Waals surface area contributed by atoms with Gasteiger partial charge in [-0.25, -0.2) is 0 Å². The summed E-state index contributed by atoms with van der Waals surface area (Å²) in [7, 11) is 0. The van der Waals surface area contributed by atoms with Crippen molar-refractivity contribution in [1.29, 1.82) is 0 Å². The van der Waals surface area contributed by atoms with Crippen LogP contribution < -0.4 is 15.2 Å². The SMILES string of the molecule is CCOc1ccccc1Oc1nc2ccccn2c1CN. The fourth-order valence-electron chi connectivity index (χ4n) is 2.21. The number of imidazole rings is 1. The highest BCUT2D eigenvalue weighted by atomic mass is 16.5. The van der Waals surface area contributed by atoms with Gasteiger partial charge >= 0.3 is 0 Å². The molecule has 0 aliphatic rings. The van der Waals surface area contributed by atoms with Crippen LogP contribution in [-0.2, 0) is 6.54 Å². The van der Waals surface area contributed by atoms with Gasteiger partial charge in [-0.05, 0) is 31.2 Å². The molecule has 0 amide bonds. The number of rotatable bonds is 5. The number of pyridine rings is 1. The Bertz CT molecular complexity index is 752. The maximum atomic E-state index is 5.93. The van der Waals surface area contributed by atoms with Crippen molar-refractivity contribution in [2.24, 2.45) is 5.73 Å². The van der Waals surface area contributed by atoms with Gasteiger partial charge in [0, 0.05) is 12.7 Å². The van der Waals surface area contributed by atoms with Crippen LogP contribution in [0.2, 0.25) is 0 Å². The Morgan fingerprint density at radius 2 is 1.86 bits per heavy atom. The molecule has 0 aliphatic carbocycles. The Kier molecular flexibility index (Phi) is 3.75. The van der Waals surface area contributed by atoms with Gasteiger partial charge in [0.1, 0.15) is 11.3 Å². The van der Waals surface area contributed by atoms with Gasteiger partial charge < -0.3 is 15.2 Å². The molecule has 5 nitrogen and oxygen atoms in total. The second-order valence-corrected chi connectivity index (χ2v) is 4.48. The van der Waals surface area contributed by atoms with E-state index >= 15 is 0 Å². The van der Waals surface area contributed by atoms with Crippen LogP contribution in [0, 0.1) is 0 Å². The van der Waals surface area contributed by atoms with Gasteiger partial charge in [-0.3, -0.25) is 4.40 Å². The van der Waals surface area contributed by atoms with E-state index in [1.54, 1.807) is 0 Å². The molecule has 0 bridgehead atoms. The predicted molar refractivity (Wildman–Crippen MR) is 80.8 cm³/mol. The van der Waals surface area contributed by atoms with Crippen LogP contribution in [0.4, 0.5) is 0 Å². The van der Waals surface area contributed by atoms with Crippen molar-refractivity contribution in [1.82, 2.24) is 9.38 Å². The lowest BCUT2D eigenvalue weighted by Gasteiger charge is -2.10. The average Bonchev–Trinajstić information content (AvgIpc) is 2.86. The molecule has 0 saturated heterocycles. The molecule has 0 fully saturated rings. The van der Waals surface area contributed by atoms with Gasteiger partial charge in [0.2, 0.25) is 5.88 Å². The zero-order chi connectivity index (χ0) is 14.7. The van der Waals surface area contributed by atoms with Crippen molar-refractivity contribution >= 4 is 5.65 Å². The third kappa shape index (κ3) is 2.55. The first kappa shape index (κ1) is 13.5. The Morgan fingerprint density at radius 1 is 1.10 bits per heavy atom. The number of hydrogen-bond acceptors (Lipinski definition) is 4. The van der Waals surface area contributed by atoms with Crippen molar-refractivity contribution in [3.8, 4) is 17.4 Å². The molecule has 108 valence electrons. The van der Waals surface area contributed by atoms with Gasteiger partial charge in [-0.1, -0.05) is 18.2 Å². The van der Waals surface area contributed by atoms with Crippen molar-refractivity contribution in [2.75, 3.05) is 6.61 Å². The maximum Gasteiger partial charge on any atom is 0.242 e. The maximum absolute atomic E-state index is 5.93. The highest BCUT2D eigenvalue weighted by molar-refractivity contribution is 5.48. The third-order valence-electron chi connectivity index (χ3n) is 3.14. The second-order valence-electron chi connectivity index (χ2n) is 4.48. The lowest BCUT2D eigenvalue weighted by molar-refractivity contribution is 0.319. The highest BCUT2D eigenvalue weighted by Gasteiger charge is 2.14. The van der Waals surface area contributed by atoms with E-state index in [2.05, 4.69) is 4.98 Å². The molecule has 2 aromatic heterocycles. The van der Waals surface area contributed by atoms with Gasteiger partial charge in [-0.15, -0.1) is 0 Å². The summed E-state index contributed by atoms with van der Waals surface area (Å²) in [6, 6.07) is 13.3. The molecule has 0 aliphatic heterocycles. The molecule has 3 aromatic rings. The van der Waals surface area contributed by atoms with Crippen molar-refractivity contribution in [3.63, 3.8) is 0 Å². The lowest BCUT2D eigenvalue weighted by Crippen LogP contribution is -2.03. The first-order valence-electron chi connectivity index (χ1n) is 6.89. The smallest absolute Gasteiger partial charge is 0.242 e. The second kappa shape index (κ2) is 5.85. The summed E-state index contributed by atoms with van der Waals surface area (Å²) in [6.07, 6.45) is 1.92. The molecule has 2 N–H and O–H groups in total. The van der Waals surface area contributed by atoms with Crippen LogP contribution in [-0.4, -0.2) is 16.0 Å². The lowest BCUT2D eigenvalue weighted by atomic mass is 10.3. The molecule has 5 heteroatoms. The molecule has 1 aromatic carbocycles. The van der Waals surface area contributed by atoms with Gasteiger partial charge in [0.15, 0.2) is 11.5 Å². The third-order valence-corrected chi connectivity index (χ3v) is 3.14. The van der Waals surface area contributed by atoms with Crippen LogP contribution in [0.25, 0.3) is 5.65 Å². The van der Waals surface area contributed by atoms with E-state index in [9.17, 15) is 0 Å². The Morgan fingerprint density at radius 3 is 2.62 bits per heavy atom. The number of aromatic nitrogens is 2. The summed E-state index contributed by atoms with van der Waals surface area (Å²) in [4.78, 5) is 4.49. The molecular formula is C16H17N3O2. The van der Waals surface area contributed by atoms with E-state index in [0.717, 1.165) is 11.3 Å². The monoisotopic (exact) mass is 283 g/mol. The number of hydrogen-bond donors (Lipinski definition) is 1. The summed E-state index contributed by atoms with van der Waals surface area (Å²) in [5, 5.41) is 0. The van der Waals surface area contributed by atoms with E-state index in [0.29, 0.717) is 30.5 Å². The van der Waals surface area contributed by atoms with Crippen molar-refractivity contribution in [2.45, 2.75) is 13.5 Å². The molecule has 0 unspecified atom stereocenters. The summed E-state index contributed by atoms with van der Waals surface area (Å²) in [5.41, 5.74) is 7.48. The van der Waals surface area contributed by atoms with Crippen LogP contribution in [0.15, 0.2) is 48.7 Å². The Labute approximate surface area is 122 Å². The summed E-state index contributed by atoms with van der Waals surface area (Å²) < 4.78 is 13.4. The highest BCUT2D eigenvalue weighted by Crippen LogP contribution is 2.32. The summed E-state index contributed by atoms with van der Waals surface area (Å²) in [6.45, 7) is 2.86. The number of fused-ring (bicyclic) bond motifs is 1. The van der Waals surface area contributed by atoms with Crippen molar-refractivity contribution in [3.05, 3.63) is 54.4 Å². The number of nitrogens with two attached hydrogens (primary N) is 1. The van der Waals surface area contributed by atoms with E-state index in [-0.39, 0.29) is 0 Å². The Balaban J connectivity index is 2.02. The number of ether oxygens (including phenoxy) is 2. The first-order valence-corrected chi connectivity index (χ1v) is 6.89. The first-order chi connectivity index (χ1) is 10.3. The number of para-hydroxylation sites is 2. The minimum Gasteiger partial charge on any atom is -0.490 e. The van der Waals surface area contributed by atoms with Crippen LogP contribution in [0.5, 0.6) is 17.4 Å². The molecule has 3 rings (SSSR count). The molecule has 21 heavy (non-hydrogen) atoms. The number of nitrogens with zero attached hydrogens (tertiary/aromatic N) is 2. The minimum atomic E-state index is 0.345. The van der Waals surface area contributed by atoms with E-state index < -0.39 is 0 Å². The summed E-state index contributed by atoms with van der Waals surface area (Å²) >= 11 is 0. The van der Waals surface area contributed by atoms with E-state index in [1.807, 2.05) is 60.0 Å². The normalized spacial score (nSPS) is 10.8. The molecule has 0 radical (unpaired) electrons. The summed E-state index contributed by atoms with van der Waals surface area (Å²) in [5.74, 6) is 1.84. The quantitative estimate of drug-likeness (QED) is 0.782. The van der Waals surface area contributed by atoms with Gasteiger partial charge in [-0.2, -0.15) is 4.98 Å². The van der Waals surface area contributed by atoms with Crippen molar-refractivity contribution < 1.29 is 9.47 Å². The zero-order valence-electron chi connectivity index (χ0n) is 11.8. The zero-order valence-corrected chi connectivity index (χ0v) is 11.8. The predicted octanol–water partition coefficient (Wildman–Crippen LogP) is 2.98. The number of benzene rings is 1. The van der Waals surface area contributed by atoms with Gasteiger partial charge in [0.05, 0.1) is 6.61 Å². The fourth-order valence-corrected chi connectivity index (χ4v) is 2.21. The average molecular weight is 283 g/mol. The fraction of sp³-hybridized carbons (Fsp3) is 0.188. The molecular weight excluding hydrogens is 266 g/mol. The van der Waals surface area contributed by atoms with Crippen LogP contribution in [0.1, 0.15) is 12.6 Å². The van der Waals surface area contributed by atoms with E-state index in [1.165, 1.54) is 0 Å². The molecule has 0 saturated carbocycles. The molecule has 0 atom stereocenters. The van der Waals surface area contributed by atoms with Gasteiger partial charge in [0.25, 0.3) is 0 Å². The molecule has 2 heterocycles. The standard InChI is InChI=1S/C16H17N3O2/c1-2-20-13-7-3-4-8-14(13)21-16-12(11-17)19-10-6-5-9-15(19)18-16/h3-10H,2,11,17H2,1H3. The molecule has 0 spiro atoms. The van der Waals surface area contributed by atoms with Crippen LogP contribution >= 0.6 is 0 Å². The Hall–Kier alpha value is -2.53. The van der Waals surface area contributed by atoms with E-state index in [4.69, 9.17) is 15.2 Å². The topological polar surface area (TPSA) is 61.8 Å². The largest absolute Gasteiger partial charge is 0.490 e.